The van der Waals surface area contributed by atoms with Crippen LogP contribution in [-0.2, 0) is 21.7 Å². The number of hydrogen-bond acceptors (Lipinski definition) is 4. The van der Waals surface area contributed by atoms with Crippen LogP contribution in [0.5, 0.6) is 0 Å². The van der Waals surface area contributed by atoms with Gasteiger partial charge in [-0.3, -0.25) is 4.79 Å². The van der Waals surface area contributed by atoms with E-state index < -0.39 is 17.7 Å². The number of likely N-dealkylation sites (tertiary alicyclic amines) is 1. The lowest BCUT2D eigenvalue weighted by atomic mass is 9.83. The van der Waals surface area contributed by atoms with Gasteiger partial charge in [0.05, 0.1) is 6.54 Å². The van der Waals surface area contributed by atoms with Gasteiger partial charge in [0, 0.05) is 13.5 Å². The number of ether oxygens (including phenoxy) is 1. The van der Waals surface area contributed by atoms with Crippen molar-refractivity contribution in [2.45, 2.75) is 24.7 Å². The lowest BCUT2D eigenvalue weighted by molar-refractivity contribution is -0.145. The molecule has 2 unspecified atom stereocenters. The number of carbonyl (C=O) groups excluding carboxylic acids is 2. The van der Waals surface area contributed by atoms with Crippen LogP contribution in [0.4, 0.5) is 4.79 Å². The van der Waals surface area contributed by atoms with Crippen molar-refractivity contribution < 1.29 is 19.4 Å². The number of piperidine rings is 1. The minimum absolute atomic E-state index is 0.0978. The van der Waals surface area contributed by atoms with Crippen molar-refractivity contribution in [2.75, 3.05) is 13.6 Å². The van der Waals surface area contributed by atoms with E-state index in [1.54, 1.807) is 7.05 Å². The fourth-order valence-corrected chi connectivity index (χ4v) is 3.20. The Morgan fingerprint density at radius 3 is 2.46 bits per heavy atom. The third-order valence-electron chi connectivity index (χ3n) is 4.53. The summed E-state index contributed by atoms with van der Waals surface area (Å²) in [5, 5.41) is 13.6. The van der Waals surface area contributed by atoms with Gasteiger partial charge in [0.25, 0.3) is 0 Å². The maximum absolute atomic E-state index is 12.4. The topological polar surface area (TPSA) is 78.9 Å². The molecule has 0 saturated carbocycles. The molecule has 0 radical (unpaired) electrons. The molecule has 26 heavy (non-hydrogen) atoms. The Morgan fingerprint density at radius 1 is 1.19 bits per heavy atom. The van der Waals surface area contributed by atoms with Gasteiger partial charge in [-0.05, 0) is 11.1 Å². The first kappa shape index (κ1) is 17.9. The number of hydrogen-bond donors (Lipinski definition) is 2. The van der Waals surface area contributed by atoms with Gasteiger partial charge in [-0.15, -0.1) is 0 Å². The van der Waals surface area contributed by atoms with E-state index in [0.717, 1.165) is 5.56 Å². The molecule has 2 amide bonds. The standard InChI is InChI=1S/C20H22N2O4/c1-22-14-20(25,16-10-6-3-7-11-16)12-17(18(22)23)21-19(24)26-13-15-8-4-2-5-9-15/h2-11,17,25H,12-14H2,1H3,(H,21,24). The molecule has 6 nitrogen and oxygen atoms in total. The third-order valence-corrected chi connectivity index (χ3v) is 4.53. The number of aliphatic hydroxyl groups is 1. The molecule has 2 N–H and O–H groups in total. The number of carbonyl (C=O) groups is 2. The second kappa shape index (κ2) is 7.58. The molecule has 6 heteroatoms. The molecule has 1 aliphatic heterocycles. The average Bonchev–Trinajstić information content (AvgIpc) is 2.66. The van der Waals surface area contributed by atoms with Crippen molar-refractivity contribution in [3.05, 3.63) is 71.8 Å². The number of alkyl carbamates (subject to hydrolysis) is 1. The zero-order valence-corrected chi connectivity index (χ0v) is 14.6. The van der Waals surface area contributed by atoms with Gasteiger partial charge in [0.15, 0.2) is 0 Å². The van der Waals surface area contributed by atoms with Crippen molar-refractivity contribution in [3.8, 4) is 0 Å². The van der Waals surface area contributed by atoms with Gasteiger partial charge in [0.1, 0.15) is 18.2 Å². The minimum atomic E-state index is -1.22. The van der Waals surface area contributed by atoms with Gasteiger partial charge in [-0.1, -0.05) is 60.7 Å². The van der Waals surface area contributed by atoms with E-state index >= 15 is 0 Å². The van der Waals surface area contributed by atoms with Crippen LogP contribution in [-0.4, -0.2) is 41.6 Å². The predicted octanol–water partition coefficient (Wildman–Crippen LogP) is 2.03. The highest BCUT2D eigenvalue weighted by atomic mass is 16.5. The van der Waals surface area contributed by atoms with Crippen molar-refractivity contribution >= 4 is 12.0 Å². The molecule has 136 valence electrons. The van der Waals surface area contributed by atoms with Crippen LogP contribution >= 0.6 is 0 Å². The number of likely N-dealkylation sites (N-methyl/N-ethyl adjacent to an activating group) is 1. The van der Waals surface area contributed by atoms with Crippen molar-refractivity contribution in [1.82, 2.24) is 10.2 Å². The average molecular weight is 354 g/mol. The van der Waals surface area contributed by atoms with E-state index in [4.69, 9.17) is 4.74 Å². The zero-order valence-electron chi connectivity index (χ0n) is 14.6. The summed E-state index contributed by atoms with van der Waals surface area (Å²) in [7, 11) is 1.61. The summed E-state index contributed by atoms with van der Waals surface area (Å²) in [6.07, 6.45) is -0.585. The second-order valence-electron chi connectivity index (χ2n) is 6.55. The number of rotatable bonds is 4. The highest BCUT2D eigenvalue weighted by Gasteiger charge is 2.43. The maximum atomic E-state index is 12.4. The SMILES string of the molecule is CN1CC(O)(c2ccccc2)CC(NC(=O)OCc2ccccc2)C1=O. The normalized spacial score (nSPS) is 22.8. The van der Waals surface area contributed by atoms with Crippen molar-refractivity contribution in [2.24, 2.45) is 0 Å². The van der Waals surface area contributed by atoms with Crippen LogP contribution in [0.15, 0.2) is 60.7 Å². The van der Waals surface area contributed by atoms with E-state index in [-0.39, 0.29) is 25.5 Å². The van der Waals surface area contributed by atoms with E-state index in [1.165, 1.54) is 4.90 Å². The maximum Gasteiger partial charge on any atom is 0.408 e. The van der Waals surface area contributed by atoms with E-state index in [0.29, 0.717) is 5.56 Å². The summed E-state index contributed by atoms with van der Waals surface area (Å²) >= 11 is 0. The Hall–Kier alpha value is -2.86. The molecule has 1 fully saturated rings. The summed E-state index contributed by atoms with van der Waals surface area (Å²) in [5.74, 6) is -0.248. The number of β-amino-alcohol motifs (C(OH)–C–C–N with tert-alkyl or cyclic N) is 1. The summed E-state index contributed by atoms with van der Waals surface area (Å²) in [6.45, 7) is 0.291. The minimum Gasteiger partial charge on any atom is -0.445 e. The van der Waals surface area contributed by atoms with Crippen LogP contribution < -0.4 is 5.32 Å². The van der Waals surface area contributed by atoms with Gasteiger partial charge in [-0.25, -0.2) is 4.79 Å². The quantitative estimate of drug-likeness (QED) is 0.881. The van der Waals surface area contributed by atoms with Crippen LogP contribution in [0.25, 0.3) is 0 Å². The molecule has 1 saturated heterocycles. The highest BCUT2D eigenvalue weighted by molar-refractivity contribution is 5.86. The molecule has 2 aromatic rings. The molecule has 1 heterocycles. The molecule has 0 aromatic heterocycles. The monoisotopic (exact) mass is 354 g/mol. The van der Waals surface area contributed by atoms with Crippen molar-refractivity contribution in [3.63, 3.8) is 0 Å². The molecule has 0 aliphatic carbocycles. The lowest BCUT2D eigenvalue weighted by Crippen LogP contribution is -2.59. The molecule has 2 atom stereocenters. The first-order valence-corrected chi connectivity index (χ1v) is 8.48. The Kier molecular flexibility index (Phi) is 5.23. The zero-order chi connectivity index (χ0) is 18.6. The van der Waals surface area contributed by atoms with Gasteiger partial charge in [0.2, 0.25) is 5.91 Å². The number of benzene rings is 2. The molecule has 1 aliphatic rings. The van der Waals surface area contributed by atoms with Gasteiger partial charge in [-0.2, -0.15) is 0 Å². The smallest absolute Gasteiger partial charge is 0.408 e. The Morgan fingerprint density at radius 2 is 1.81 bits per heavy atom. The first-order chi connectivity index (χ1) is 12.5. The summed E-state index contributed by atoms with van der Waals surface area (Å²) in [4.78, 5) is 25.9. The Labute approximate surface area is 152 Å². The largest absolute Gasteiger partial charge is 0.445 e. The second-order valence-corrected chi connectivity index (χ2v) is 6.55. The molecule has 0 bridgehead atoms. The van der Waals surface area contributed by atoms with E-state index in [9.17, 15) is 14.7 Å². The van der Waals surface area contributed by atoms with Crippen LogP contribution in [0, 0.1) is 0 Å². The number of nitrogens with zero attached hydrogens (tertiary/aromatic N) is 1. The molecule has 3 rings (SSSR count). The first-order valence-electron chi connectivity index (χ1n) is 8.48. The van der Waals surface area contributed by atoms with Gasteiger partial charge < -0.3 is 20.1 Å². The molecule has 0 spiro atoms. The Bertz CT molecular complexity index is 766. The fraction of sp³-hybridized carbons (Fsp3) is 0.300. The summed E-state index contributed by atoms with van der Waals surface area (Å²) < 4.78 is 5.19. The van der Waals surface area contributed by atoms with Crippen LogP contribution in [0.2, 0.25) is 0 Å². The number of amides is 2. The predicted molar refractivity (Wildman–Crippen MR) is 96.1 cm³/mol. The third kappa shape index (κ3) is 4.03. The van der Waals surface area contributed by atoms with E-state index in [1.807, 2.05) is 60.7 Å². The summed E-state index contributed by atoms with van der Waals surface area (Å²) in [6, 6.07) is 17.6. The highest BCUT2D eigenvalue weighted by Crippen LogP contribution is 2.31. The van der Waals surface area contributed by atoms with Crippen LogP contribution in [0.3, 0.4) is 0 Å². The lowest BCUT2D eigenvalue weighted by Gasteiger charge is -2.41. The molecular weight excluding hydrogens is 332 g/mol. The fourth-order valence-electron chi connectivity index (χ4n) is 3.20. The van der Waals surface area contributed by atoms with Crippen LogP contribution in [0.1, 0.15) is 17.5 Å². The van der Waals surface area contributed by atoms with Gasteiger partial charge >= 0.3 is 6.09 Å². The summed E-state index contributed by atoms with van der Waals surface area (Å²) in [5.41, 5.74) is 0.348. The van der Waals surface area contributed by atoms with Crippen molar-refractivity contribution in [1.29, 1.82) is 0 Å². The number of nitrogens with one attached hydrogen (secondary N) is 1. The van der Waals surface area contributed by atoms with E-state index in [2.05, 4.69) is 5.32 Å². The molecular formula is C20H22N2O4. The Balaban J connectivity index is 1.66. The molecule has 2 aromatic carbocycles.